The van der Waals surface area contributed by atoms with Crippen LogP contribution in [0.3, 0.4) is 0 Å². The van der Waals surface area contributed by atoms with Crippen LogP contribution in [0.4, 0.5) is 0 Å². The van der Waals surface area contributed by atoms with E-state index in [0.717, 1.165) is 19.4 Å². The van der Waals surface area contributed by atoms with Gasteiger partial charge in [-0.3, -0.25) is 9.88 Å². The zero-order chi connectivity index (χ0) is 9.97. The summed E-state index contributed by atoms with van der Waals surface area (Å²) >= 11 is 0. The molecule has 1 fully saturated rings. The van der Waals surface area contributed by atoms with E-state index in [2.05, 4.69) is 16.0 Å². The SMILES string of the molecule is NC(N)N1CCCC1c1cccnc1. The Balaban J connectivity index is 2.18. The lowest BCUT2D eigenvalue weighted by molar-refractivity contribution is 0.187. The fourth-order valence-corrected chi connectivity index (χ4v) is 2.08. The van der Waals surface area contributed by atoms with E-state index in [9.17, 15) is 0 Å². The lowest BCUT2D eigenvalue weighted by Crippen LogP contribution is -2.48. The Labute approximate surface area is 83.9 Å². The first kappa shape index (κ1) is 9.58. The molecule has 4 heteroatoms. The molecule has 76 valence electrons. The molecule has 2 heterocycles. The third kappa shape index (κ3) is 1.77. The van der Waals surface area contributed by atoms with E-state index < -0.39 is 0 Å². The molecule has 14 heavy (non-hydrogen) atoms. The minimum atomic E-state index is -0.359. The topological polar surface area (TPSA) is 68.2 Å². The standard InChI is InChI=1S/C10H16N4/c11-10(12)14-6-2-4-9(14)8-3-1-5-13-7-8/h1,3,5,7,9-10H,2,4,6,11-12H2. The van der Waals surface area contributed by atoms with Gasteiger partial charge in [0.1, 0.15) is 6.29 Å². The predicted octanol–water partition coefficient (Wildman–Crippen LogP) is 0.419. The lowest BCUT2D eigenvalue weighted by Gasteiger charge is -2.27. The number of hydrogen-bond donors (Lipinski definition) is 2. The highest BCUT2D eigenvalue weighted by atomic mass is 15.3. The van der Waals surface area contributed by atoms with E-state index in [4.69, 9.17) is 11.5 Å². The molecule has 1 unspecified atom stereocenters. The van der Waals surface area contributed by atoms with Gasteiger partial charge < -0.3 is 11.5 Å². The van der Waals surface area contributed by atoms with Gasteiger partial charge in [0.05, 0.1) is 0 Å². The zero-order valence-corrected chi connectivity index (χ0v) is 8.13. The minimum Gasteiger partial charge on any atom is -0.304 e. The average molecular weight is 192 g/mol. The maximum absolute atomic E-state index is 5.71. The molecule has 1 aliphatic heterocycles. The highest BCUT2D eigenvalue weighted by molar-refractivity contribution is 5.15. The van der Waals surface area contributed by atoms with Crippen LogP contribution in [0.2, 0.25) is 0 Å². The van der Waals surface area contributed by atoms with Crippen molar-refractivity contribution in [3.63, 3.8) is 0 Å². The van der Waals surface area contributed by atoms with E-state index in [1.54, 1.807) is 6.20 Å². The Bertz CT molecular complexity index is 285. The molecule has 0 spiro atoms. The Hall–Kier alpha value is -0.970. The minimum absolute atomic E-state index is 0.351. The molecule has 0 bridgehead atoms. The summed E-state index contributed by atoms with van der Waals surface area (Å²) in [6.45, 7) is 0.983. The van der Waals surface area contributed by atoms with Crippen LogP contribution in [0, 0.1) is 0 Å². The molecule has 0 saturated carbocycles. The maximum Gasteiger partial charge on any atom is 0.109 e. The van der Waals surface area contributed by atoms with Gasteiger partial charge in [0.15, 0.2) is 0 Å². The smallest absolute Gasteiger partial charge is 0.109 e. The van der Waals surface area contributed by atoms with Crippen LogP contribution >= 0.6 is 0 Å². The fraction of sp³-hybridized carbons (Fsp3) is 0.500. The van der Waals surface area contributed by atoms with Crippen LogP contribution in [0.15, 0.2) is 24.5 Å². The highest BCUT2D eigenvalue weighted by Gasteiger charge is 2.28. The van der Waals surface area contributed by atoms with Crippen molar-refractivity contribution in [3.05, 3.63) is 30.1 Å². The molecule has 1 aliphatic rings. The van der Waals surface area contributed by atoms with Crippen LogP contribution < -0.4 is 11.5 Å². The van der Waals surface area contributed by atoms with E-state index in [1.165, 1.54) is 5.56 Å². The van der Waals surface area contributed by atoms with Crippen LogP contribution in [0.25, 0.3) is 0 Å². The number of pyridine rings is 1. The van der Waals surface area contributed by atoms with Crippen molar-refractivity contribution in [2.75, 3.05) is 6.54 Å². The molecule has 1 aromatic rings. The van der Waals surface area contributed by atoms with E-state index >= 15 is 0 Å². The Kier molecular flexibility index (Phi) is 2.77. The quantitative estimate of drug-likeness (QED) is 0.666. The van der Waals surface area contributed by atoms with Crippen molar-refractivity contribution in [1.29, 1.82) is 0 Å². The van der Waals surface area contributed by atoms with Crippen molar-refractivity contribution in [3.8, 4) is 0 Å². The maximum atomic E-state index is 5.71. The molecule has 0 aliphatic carbocycles. The summed E-state index contributed by atoms with van der Waals surface area (Å²) < 4.78 is 0. The van der Waals surface area contributed by atoms with Gasteiger partial charge in [-0.1, -0.05) is 6.07 Å². The normalized spacial score (nSPS) is 23.2. The van der Waals surface area contributed by atoms with Crippen molar-refractivity contribution >= 4 is 0 Å². The molecule has 1 saturated heterocycles. The first-order chi connectivity index (χ1) is 6.79. The summed E-state index contributed by atoms with van der Waals surface area (Å²) in [6.07, 6.45) is 5.60. The number of hydrogen-bond acceptors (Lipinski definition) is 4. The number of nitrogens with zero attached hydrogens (tertiary/aromatic N) is 2. The molecule has 0 amide bonds. The summed E-state index contributed by atoms with van der Waals surface area (Å²) in [4.78, 5) is 6.24. The number of aromatic nitrogens is 1. The first-order valence-corrected chi connectivity index (χ1v) is 4.96. The molecule has 1 aromatic heterocycles. The molecule has 0 aromatic carbocycles. The Morgan fingerprint density at radius 2 is 2.36 bits per heavy atom. The van der Waals surface area contributed by atoms with E-state index in [-0.39, 0.29) is 6.29 Å². The monoisotopic (exact) mass is 192 g/mol. The summed E-state index contributed by atoms with van der Waals surface area (Å²) in [5.74, 6) is 0. The van der Waals surface area contributed by atoms with Crippen LogP contribution in [0.1, 0.15) is 24.4 Å². The average Bonchev–Trinajstić information content (AvgIpc) is 2.67. The van der Waals surface area contributed by atoms with Gasteiger partial charge in [0.25, 0.3) is 0 Å². The molecule has 4 nitrogen and oxygen atoms in total. The summed E-state index contributed by atoms with van der Waals surface area (Å²) in [5, 5.41) is 0. The van der Waals surface area contributed by atoms with Gasteiger partial charge in [0.2, 0.25) is 0 Å². The van der Waals surface area contributed by atoms with Crippen molar-refractivity contribution in [2.45, 2.75) is 25.2 Å². The molecule has 4 N–H and O–H groups in total. The molecule has 0 radical (unpaired) electrons. The van der Waals surface area contributed by atoms with Crippen molar-refractivity contribution in [1.82, 2.24) is 9.88 Å². The van der Waals surface area contributed by atoms with Crippen molar-refractivity contribution < 1.29 is 0 Å². The second-order valence-corrected chi connectivity index (χ2v) is 3.67. The van der Waals surface area contributed by atoms with Gasteiger partial charge in [-0.15, -0.1) is 0 Å². The Morgan fingerprint density at radius 3 is 3.00 bits per heavy atom. The zero-order valence-electron chi connectivity index (χ0n) is 8.13. The second kappa shape index (κ2) is 4.04. The van der Waals surface area contributed by atoms with Gasteiger partial charge >= 0.3 is 0 Å². The first-order valence-electron chi connectivity index (χ1n) is 4.96. The van der Waals surface area contributed by atoms with Gasteiger partial charge in [-0.05, 0) is 24.5 Å². The second-order valence-electron chi connectivity index (χ2n) is 3.67. The van der Waals surface area contributed by atoms with Crippen LogP contribution in [0.5, 0.6) is 0 Å². The largest absolute Gasteiger partial charge is 0.304 e. The third-order valence-electron chi connectivity index (χ3n) is 2.75. The van der Waals surface area contributed by atoms with E-state index in [0.29, 0.717) is 6.04 Å². The molecule has 1 atom stereocenters. The summed E-state index contributed by atoms with van der Waals surface area (Å²) in [7, 11) is 0. The number of rotatable bonds is 2. The number of nitrogens with two attached hydrogens (primary N) is 2. The fourth-order valence-electron chi connectivity index (χ4n) is 2.08. The Morgan fingerprint density at radius 1 is 1.50 bits per heavy atom. The van der Waals surface area contributed by atoms with E-state index in [1.807, 2.05) is 12.3 Å². The van der Waals surface area contributed by atoms with Crippen LogP contribution in [-0.4, -0.2) is 22.7 Å². The summed E-state index contributed by atoms with van der Waals surface area (Å²) in [6, 6.07) is 4.38. The molecular formula is C10H16N4. The predicted molar refractivity (Wildman–Crippen MR) is 55.1 cm³/mol. The summed E-state index contributed by atoms with van der Waals surface area (Å²) in [5.41, 5.74) is 12.6. The van der Waals surface area contributed by atoms with Crippen LogP contribution in [-0.2, 0) is 0 Å². The lowest BCUT2D eigenvalue weighted by atomic mass is 10.1. The highest BCUT2D eigenvalue weighted by Crippen LogP contribution is 2.30. The third-order valence-corrected chi connectivity index (χ3v) is 2.75. The van der Waals surface area contributed by atoms with Crippen molar-refractivity contribution in [2.24, 2.45) is 11.5 Å². The molecular weight excluding hydrogens is 176 g/mol. The van der Waals surface area contributed by atoms with Gasteiger partial charge in [-0.2, -0.15) is 0 Å². The molecule has 2 rings (SSSR count). The van der Waals surface area contributed by atoms with Gasteiger partial charge in [0, 0.05) is 25.0 Å². The van der Waals surface area contributed by atoms with Gasteiger partial charge in [-0.25, -0.2) is 0 Å². The number of likely N-dealkylation sites (tertiary alicyclic amines) is 1.